The minimum absolute atomic E-state index is 0.194. The van der Waals surface area contributed by atoms with Crippen molar-refractivity contribution >= 4 is 23.2 Å². The smallest absolute Gasteiger partial charge is 0.255 e. The van der Waals surface area contributed by atoms with Gasteiger partial charge in [-0.05, 0) is 60.7 Å². The summed E-state index contributed by atoms with van der Waals surface area (Å²) in [6.07, 6.45) is -0.457. The number of aromatic hydroxyl groups is 1. The molecule has 3 aliphatic carbocycles. The first kappa shape index (κ1) is 28.7. The van der Waals surface area contributed by atoms with Gasteiger partial charge in [0.05, 0.1) is 11.6 Å². The number of ketones is 2. The first-order valence-corrected chi connectivity index (χ1v) is 12.4. The van der Waals surface area contributed by atoms with Crippen LogP contribution in [0.2, 0.25) is 0 Å². The first-order valence-electron chi connectivity index (χ1n) is 12.4. The highest BCUT2D eigenvalue weighted by Gasteiger charge is 2.64. The van der Waals surface area contributed by atoms with Gasteiger partial charge in [-0.2, -0.15) is 0 Å². The van der Waals surface area contributed by atoms with Crippen molar-refractivity contribution in [2.45, 2.75) is 57.3 Å². The number of carbonyl (C=O) groups excluding carboxylic acids is 3. The molecular formula is C27H33F2N3O7. The number of nitrogens with zero attached hydrogens (tertiary/aromatic N) is 2. The van der Waals surface area contributed by atoms with Crippen molar-refractivity contribution in [1.29, 1.82) is 0 Å². The lowest BCUT2D eigenvalue weighted by molar-refractivity contribution is -0.153. The second kappa shape index (κ2) is 9.10. The molecule has 212 valence electrons. The van der Waals surface area contributed by atoms with Gasteiger partial charge in [0.1, 0.15) is 22.9 Å². The van der Waals surface area contributed by atoms with Gasteiger partial charge in [-0.1, -0.05) is 0 Å². The van der Waals surface area contributed by atoms with Gasteiger partial charge in [0, 0.05) is 34.7 Å². The second-order valence-corrected chi connectivity index (χ2v) is 11.8. The standard InChI is InChI=1S/C27H33F2N3O7/c1-26(2,3)32(6)9-12-17(28)11-7-10-8-13-19(31(4)5)22(35)16(25(30)38)24(37)27(13,39)23(36)14(10)20(33)15(11)21(34)18(12)29/h10,13,19,33-34,37,39H,7-9H2,1-6H3,(H2,30,38)/t10-,13-,19-,27-/m0/s1. The Labute approximate surface area is 224 Å². The van der Waals surface area contributed by atoms with E-state index in [0.29, 0.717) is 0 Å². The molecular weight excluding hydrogens is 516 g/mol. The molecule has 4 atom stereocenters. The van der Waals surface area contributed by atoms with Gasteiger partial charge in [-0.25, -0.2) is 8.78 Å². The fourth-order valence-electron chi connectivity index (χ4n) is 5.98. The lowest BCUT2D eigenvalue weighted by Gasteiger charge is -2.50. The number of benzene rings is 1. The van der Waals surface area contributed by atoms with E-state index in [-0.39, 0.29) is 24.9 Å². The highest BCUT2D eigenvalue weighted by atomic mass is 19.1. The number of carbonyl (C=O) groups is 3. The Morgan fingerprint density at radius 2 is 1.69 bits per heavy atom. The molecule has 4 rings (SSSR count). The molecule has 0 radical (unpaired) electrons. The Bertz CT molecular complexity index is 1380. The van der Waals surface area contributed by atoms with Gasteiger partial charge in [-0.15, -0.1) is 0 Å². The average molecular weight is 550 g/mol. The summed E-state index contributed by atoms with van der Waals surface area (Å²) in [5.41, 5.74) is -0.666. The monoisotopic (exact) mass is 549 g/mol. The molecule has 0 spiro atoms. The molecule has 3 aliphatic rings. The normalized spacial score (nSPS) is 27.2. The number of rotatable bonds is 4. The molecule has 1 fully saturated rings. The van der Waals surface area contributed by atoms with E-state index in [1.807, 2.05) is 20.8 Å². The van der Waals surface area contributed by atoms with Crippen LogP contribution in [0.5, 0.6) is 5.75 Å². The third kappa shape index (κ3) is 3.95. The van der Waals surface area contributed by atoms with E-state index in [0.717, 1.165) is 0 Å². The number of aliphatic hydroxyl groups is 3. The summed E-state index contributed by atoms with van der Waals surface area (Å²) >= 11 is 0. The lowest BCUT2D eigenvalue weighted by Crippen LogP contribution is -2.65. The van der Waals surface area contributed by atoms with Crippen LogP contribution in [-0.4, -0.2) is 86.0 Å². The minimum Gasteiger partial charge on any atom is -0.508 e. The molecule has 1 aromatic rings. The SMILES string of the molecule is CN(C)[C@@H]1C(=O)C(C(N)=O)=C(O)[C@@]2(O)C(=O)C3=C(O)c4c(O)c(F)c(CN(C)C(C)(C)C)c(F)c4C[C@H]3C[C@@H]12. The molecule has 0 bridgehead atoms. The first-order chi connectivity index (χ1) is 17.9. The molecule has 0 aromatic heterocycles. The van der Waals surface area contributed by atoms with Gasteiger partial charge in [0.15, 0.2) is 23.0 Å². The van der Waals surface area contributed by atoms with Crippen LogP contribution < -0.4 is 5.73 Å². The number of primary amides is 1. The largest absolute Gasteiger partial charge is 0.508 e. The Hall–Kier alpha value is -3.35. The maximum absolute atomic E-state index is 15.8. The number of hydrogen-bond acceptors (Lipinski definition) is 9. The van der Waals surface area contributed by atoms with E-state index in [1.165, 1.54) is 19.0 Å². The van der Waals surface area contributed by atoms with E-state index < -0.39 is 97.7 Å². The van der Waals surface area contributed by atoms with E-state index in [4.69, 9.17) is 5.73 Å². The zero-order chi connectivity index (χ0) is 29.5. The van der Waals surface area contributed by atoms with Crippen LogP contribution in [0.4, 0.5) is 8.78 Å². The van der Waals surface area contributed by atoms with Gasteiger partial charge in [0.25, 0.3) is 5.91 Å². The van der Waals surface area contributed by atoms with Crippen LogP contribution in [0.15, 0.2) is 16.9 Å². The summed E-state index contributed by atoms with van der Waals surface area (Å²) in [5.74, 6) is -11.3. The topological polar surface area (TPSA) is 165 Å². The molecule has 39 heavy (non-hydrogen) atoms. The molecule has 0 saturated heterocycles. The van der Waals surface area contributed by atoms with Gasteiger partial charge in [-0.3, -0.25) is 24.2 Å². The fraction of sp³-hybridized carbons (Fsp3) is 0.519. The summed E-state index contributed by atoms with van der Waals surface area (Å²) in [6.45, 7) is 5.33. The zero-order valence-electron chi connectivity index (χ0n) is 22.6. The predicted molar refractivity (Wildman–Crippen MR) is 135 cm³/mol. The molecule has 1 aromatic carbocycles. The predicted octanol–water partition coefficient (Wildman–Crippen LogP) is 1.47. The van der Waals surface area contributed by atoms with Crippen LogP contribution in [0.1, 0.15) is 43.9 Å². The Balaban J connectivity index is 1.94. The number of likely N-dealkylation sites (N-methyl/N-ethyl adjacent to an activating group) is 1. The maximum Gasteiger partial charge on any atom is 0.255 e. The van der Waals surface area contributed by atoms with Crippen LogP contribution in [-0.2, 0) is 27.3 Å². The third-order valence-electron chi connectivity index (χ3n) is 8.40. The van der Waals surface area contributed by atoms with Crippen molar-refractivity contribution in [3.05, 3.63) is 45.2 Å². The van der Waals surface area contributed by atoms with Crippen LogP contribution in [0.25, 0.3) is 5.76 Å². The van der Waals surface area contributed by atoms with Crippen molar-refractivity contribution in [3.63, 3.8) is 0 Å². The molecule has 1 saturated carbocycles. The fourth-order valence-corrected chi connectivity index (χ4v) is 5.98. The van der Waals surface area contributed by atoms with Gasteiger partial charge >= 0.3 is 0 Å². The summed E-state index contributed by atoms with van der Waals surface area (Å²) < 4.78 is 31.1. The van der Waals surface area contributed by atoms with E-state index in [9.17, 15) is 34.8 Å². The van der Waals surface area contributed by atoms with Crippen LogP contribution in [0, 0.1) is 23.5 Å². The number of nitrogens with two attached hydrogens (primary N) is 1. The Morgan fingerprint density at radius 1 is 1.10 bits per heavy atom. The number of halogens is 2. The number of fused-ring (bicyclic) bond motifs is 3. The van der Waals surface area contributed by atoms with Crippen molar-refractivity contribution < 1.29 is 43.6 Å². The molecule has 0 heterocycles. The summed E-state index contributed by atoms with van der Waals surface area (Å²) in [5, 5.41) is 44.3. The lowest BCUT2D eigenvalue weighted by atomic mass is 9.57. The van der Waals surface area contributed by atoms with Crippen LogP contribution >= 0.6 is 0 Å². The molecule has 0 aliphatic heterocycles. The number of amides is 1. The Morgan fingerprint density at radius 3 is 2.21 bits per heavy atom. The number of phenolic OH excluding ortho intramolecular Hbond substituents is 1. The molecule has 6 N–H and O–H groups in total. The van der Waals surface area contributed by atoms with Gasteiger partial charge < -0.3 is 26.2 Å². The number of phenols is 1. The number of Topliss-reactive ketones (excluding diaryl/α,β-unsaturated/α-hetero) is 2. The van der Waals surface area contributed by atoms with Crippen LogP contribution in [0.3, 0.4) is 0 Å². The molecule has 10 nitrogen and oxygen atoms in total. The average Bonchev–Trinajstić information content (AvgIpc) is 2.81. The maximum atomic E-state index is 15.8. The molecule has 12 heteroatoms. The summed E-state index contributed by atoms with van der Waals surface area (Å²) in [6, 6.07) is -1.26. The molecule has 0 unspecified atom stereocenters. The highest BCUT2D eigenvalue weighted by molar-refractivity contribution is 6.24. The van der Waals surface area contributed by atoms with E-state index >= 15 is 8.78 Å². The van der Waals surface area contributed by atoms with Crippen molar-refractivity contribution in [3.8, 4) is 5.75 Å². The number of hydrogen-bond donors (Lipinski definition) is 5. The van der Waals surface area contributed by atoms with E-state index in [1.54, 1.807) is 11.9 Å². The zero-order valence-corrected chi connectivity index (χ0v) is 22.6. The quantitative estimate of drug-likeness (QED) is 0.350. The second-order valence-electron chi connectivity index (χ2n) is 11.8. The van der Waals surface area contributed by atoms with Gasteiger partial charge in [0.2, 0.25) is 5.78 Å². The van der Waals surface area contributed by atoms with E-state index in [2.05, 4.69) is 0 Å². The Kier molecular flexibility index (Phi) is 6.69. The third-order valence-corrected chi connectivity index (χ3v) is 8.40. The van der Waals surface area contributed by atoms with Crippen molar-refractivity contribution in [1.82, 2.24) is 9.80 Å². The number of aliphatic hydroxyl groups excluding tert-OH is 2. The summed E-state index contributed by atoms with van der Waals surface area (Å²) in [7, 11) is 4.62. The van der Waals surface area contributed by atoms with Crippen molar-refractivity contribution in [2.24, 2.45) is 17.6 Å². The van der Waals surface area contributed by atoms with Crippen molar-refractivity contribution in [2.75, 3.05) is 21.1 Å². The highest BCUT2D eigenvalue weighted by Crippen LogP contribution is 2.53. The summed E-state index contributed by atoms with van der Waals surface area (Å²) in [4.78, 5) is 42.0. The molecule has 1 amide bonds. The minimum atomic E-state index is -2.83.